The van der Waals surface area contributed by atoms with E-state index in [9.17, 15) is 8.42 Å². The lowest BCUT2D eigenvalue weighted by molar-refractivity contribution is 0.588. The Morgan fingerprint density at radius 3 is 2.54 bits per heavy atom. The van der Waals surface area contributed by atoms with Gasteiger partial charge in [-0.3, -0.25) is 4.99 Å². The maximum atomic E-state index is 11.9. The van der Waals surface area contributed by atoms with Crippen molar-refractivity contribution in [3.63, 3.8) is 0 Å². The van der Waals surface area contributed by atoms with Crippen molar-refractivity contribution < 1.29 is 8.42 Å². The number of sulfonamides is 1. The second-order valence-electron chi connectivity index (χ2n) is 5.37. The van der Waals surface area contributed by atoms with E-state index in [2.05, 4.69) is 32.5 Å². The Hall–Kier alpha value is -2.03. The van der Waals surface area contributed by atoms with Crippen molar-refractivity contribution >= 4 is 27.7 Å². The van der Waals surface area contributed by atoms with E-state index in [0.717, 1.165) is 17.9 Å². The fraction of sp³-hybridized carbons (Fsp3) is 0.278. The monoisotopic (exact) mass is 392 g/mol. The van der Waals surface area contributed by atoms with E-state index >= 15 is 0 Å². The number of hydrogen-bond donors (Lipinski definition) is 3. The van der Waals surface area contributed by atoms with E-state index < -0.39 is 10.0 Å². The standard InChI is InChI=1S/C18H24N4O2S2/c1-19-18(21-11-12-25-16-8-4-3-5-9-16)22-14-15-7-6-10-17(13-15)26(23,24)20-2/h3-10,13,20H,11-12,14H2,1-2H3,(H2,19,21,22). The largest absolute Gasteiger partial charge is 0.356 e. The Morgan fingerprint density at radius 1 is 1.08 bits per heavy atom. The third-order valence-corrected chi connectivity index (χ3v) is 5.99. The van der Waals surface area contributed by atoms with Gasteiger partial charge in [-0.2, -0.15) is 0 Å². The minimum atomic E-state index is -3.44. The molecular weight excluding hydrogens is 368 g/mol. The van der Waals surface area contributed by atoms with Gasteiger partial charge < -0.3 is 10.6 Å². The van der Waals surface area contributed by atoms with Gasteiger partial charge in [-0.1, -0.05) is 30.3 Å². The quantitative estimate of drug-likeness (QED) is 0.277. The van der Waals surface area contributed by atoms with Crippen LogP contribution < -0.4 is 15.4 Å². The van der Waals surface area contributed by atoms with Gasteiger partial charge in [0, 0.05) is 30.8 Å². The molecule has 0 aliphatic heterocycles. The molecule has 0 bridgehead atoms. The molecule has 2 aromatic rings. The predicted octanol–water partition coefficient (Wildman–Crippen LogP) is 2.05. The van der Waals surface area contributed by atoms with Gasteiger partial charge in [-0.05, 0) is 36.9 Å². The summed E-state index contributed by atoms with van der Waals surface area (Å²) in [4.78, 5) is 5.68. The SMILES string of the molecule is CN=C(NCCSc1ccccc1)NCc1cccc(S(=O)(=O)NC)c1. The third-order valence-electron chi connectivity index (χ3n) is 3.57. The van der Waals surface area contributed by atoms with Gasteiger partial charge in [-0.25, -0.2) is 13.1 Å². The molecule has 0 spiro atoms. The molecule has 0 radical (unpaired) electrons. The molecule has 0 heterocycles. The molecule has 0 aliphatic rings. The number of rotatable bonds is 8. The summed E-state index contributed by atoms with van der Waals surface area (Å²) in [6, 6.07) is 17.1. The molecule has 3 N–H and O–H groups in total. The van der Waals surface area contributed by atoms with Gasteiger partial charge in [0.2, 0.25) is 10.0 Å². The van der Waals surface area contributed by atoms with Gasteiger partial charge in [-0.15, -0.1) is 11.8 Å². The molecule has 8 heteroatoms. The summed E-state index contributed by atoms with van der Waals surface area (Å²) < 4.78 is 26.1. The number of aliphatic imine (C=N–C) groups is 1. The Kier molecular flexibility index (Phi) is 7.96. The summed E-state index contributed by atoms with van der Waals surface area (Å²) in [5.74, 6) is 1.60. The zero-order chi connectivity index (χ0) is 18.8. The highest BCUT2D eigenvalue weighted by Crippen LogP contribution is 2.15. The number of nitrogens with one attached hydrogen (secondary N) is 3. The molecule has 140 valence electrons. The van der Waals surface area contributed by atoms with Gasteiger partial charge in [0.25, 0.3) is 0 Å². The smallest absolute Gasteiger partial charge is 0.240 e. The summed E-state index contributed by atoms with van der Waals surface area (Å²) in [7, 11) is -0.323. The van der Waals surface area contributed by atoms with Crippen molar-refractivity contribution in [3.8, 4) is 0 Å². The lowest BCUT2D eigenvalue weighted by atomic mass is 10.2. The molecule has 26 heavy (non-hydrogen) atoms. The van der Waals surface area contributed by atoms with Gasteiger partial charge >= 0.3 is 0 Å². The summed E-state index contributed by atoms with van der Waals surface area (Å²) in [5, 5.41) is 6.45. The van der Waals surface area contributed by atoms with Crippen LogP contribution >= 0.6 is 11.8 Å². The molecule has 0 unspecified atom stereocenters. The average Bonchev–Trinajstić information content (AvgIpc) is 2.68. The summed E-state index contributed by atoms with van der Waals surface area (Å²) in [6.45, 7) is 1.26. The zero-order valence-corrected chi connectivity index (χ0v) is 16.5. The lowest BCUT2D eigenvalue weighted by Gasteiger charge is -2.12. The molecule has 0 atom stereocenters. The molecule has 0 aromatic heterocycles. The first-order chi connectivity index (χ1) is 12.5. The minimum Gasteiger partial charge on any atom is -0.356 e. The molecule has 2 aromatic carbocycles. The van der Waals surface area contributed by atoms with E-state index in [-0.39, 0.29) is 4.90 Å². The molecular formula is C18H24N4O2S2. The van der Waals surface area contributed by atoms with Crippen LogP contribution in [0.15, 0.2) is 69.4 Å². The highest BCUT2D eigenvalue weighted by atomic mass is 32.2. The number of nitrogens with zero attached hydrogens (tertiary/aromatic N) is 1. The fourth-order valence-electron chi connectivity index (χ4n) is 2.20. The molecule has 0 amide bonds. The second-order valence-corrected chi connectivity index (χ2v) is 8.42. The van der Waals surface area contributed by atoms with Crippen molar-refractivity contribution in [2.24, 2.45) is 4.99 Å². The Labute approximate surface area is 159 Å². The van der Waals surface area contributed by atoms with Crippen LogP contribution in [0.3, 0.4) is 0 Å². The van der Waals surface area contributed by atoms with Crippen LogP contribution in [0.1, 0.15) is 5.56 Å². The minimum absolute atomic E-state index is 0.251. The Balaban J connectivity index is 1.81. The first kappa shape index (κ1) is 20.3. The van der Waals surface area contributed by atoms with Crippen molar-refractivity contribution in [2.75, 3.05) is 26.4 Å². The van der Waals surface area contributed by atoms with Gasteiger partial charge in [0.05, 0.1) is 4.90 Å². The van der Waals surface area contributed by atoms with Crippen LogP contribution in [0.25, 0.3) is 0 Å². The molecule has 6 nitrogen and oxygen atoms in total. The third kappa shape index (κ3) is 6.36. The molecule has 0 saturated carbocycles. The normalized spacial score (nSPS) is 12.0. The molecule has 0 fully saturated rings. The number of guanidine groups is 1. The topological polar surface area (TPSA) is 82.6 Å². The Morgan fingerprint density at radius 2 is 1.85 bits per heavy atom. The van der Waals surface area contributed by atoms with E-state index in [0.29, 0.717) is 12.5 Å². The van der Waals surface area contributed by atoms with Crippen molar-refractivity contribution in [1.29, 1.82) is 0 Å². The summed E-state index contributed by atoms with van der Waals surface area (Å²) in [5.41, 5.74) is 0.864. The van der Waals surface area contributed by atoms with Crippen LogP contribution in [-0.2, 0) is 16.6 Å². The van der Waals surface area contributed by atoms with E-state index in [1.165, 1.54) is 11.9 Å². The highest BCUT2D eigenvalue weighted by Gasteiger charge is 2.11. The first-order valence-electron chi connectivity index (χ1n) is 8.20. The van der Waals surface area contributed by atoms with Crippen LogP contribution in [0.2, 0.25) is 0 Å². The van der Waals surface area contributed by atoms with Crippen molar-refractivity contribution in [3.05, 3.63) is 60.2 Å². The molecule has 0 saturated heterocycles. The predicted molar refractivity (Wildman–Crippen MR) is 108 cm³/mol. The lowest BCUT2D eigenvalue weighted by Crippen LogP contribution is -2.38. The highest BCUT2D eigenvalue weighted by molar-refractivity contribution is 7.99. The number of hydrogen-bond acceptors (Lipinski definition) is 4. The van der Waals surface area contributed by atoms with Crippen LogP contribution in [-0.4, -0.2) is 40.8 Å². The van der Waals surface area contributed by atoms with Crippen molar-refractivity contribution in [1.82, 2.24) is 15.4 Å². The van der Waals surface area contributed by atoms with E-state index in [1.807, 2.05) is 24.3 Å². The van der Waals surface area contributed by atoms with Gasteiger partial charge in [0.15, 0.2) is 5.96 Å². The number of benzene rings is 2. The number of thioether (sulfide) groups is 1. The van der Waals surface area contributed by atoms with Crippen molar-refractivity contribution in [2.45, 2.75) is 16.3 Å². The van der Waals surface area contributed by atoms with E-state index in [1.54, 1.807) is 37.0 Å². The summed E-state index contributed by atoms with van der Waals surface area (Å²) >= 11 is 1.78. The second kappa shape index (κ2) is 10.2. The fourth-order valence-corrected chi connectivity index (χ4v) is 3.79. The maximum absolute atomic E-state index is 11.9. The first-order valence-corrected chi connectivity index (χ1v) is 10.7. The molecule has 2 rings (SSSR count). The van der Waals surface area contributed by atoms with Crippen LogP contribution in [0, 0.1) is 0 Å². The Bertz CT molecular complexity index is 824. The van der Waals surface area contributed by atoms with Gasteiger partial charge in [0.1, 0.15) is 0 Å². The zero-order valence-electron chi connectivity index (χ0n) is 14.9. The van der Waals surface area contributed by atoms with Crippen LogP contribution in [0.4, 0.5) is 0 Å². The molecule has 0 aliphatic carbocycles. The average molecular weight is 393 g/mol. The van der Waals surface area contributed by atoms with E-state index in [4.69, 9.17) is 0 Å². The summed E-state index contributed by atoms with van der Waals surface area (Å²) in [6.07, 6.45) is 0. The maximum Gasteiger partial charge on any atom is 0.240 e. The van der Waals surface area contributed by atoms with Crippen LogP contribution in [0.5, 0.6) is 0 Å².